The van der Waals surface area contributed by atoms with Crippen LogP contribution in [0, 0.1) is 0 Å². The highest BCUT2D eigenvalue weighted by molar-refractivity contribution is 7.99. The summed E-state index contributed by atoms with van der Waals surface area (Å²) in [6.07, 6.45) is -4.16. The molecule has 116 valence electrons. The Hall–Kier alpha value is -0.470. The van der Waals surface area contributed by atoms with Gasteiger partial charge >= 0.3 is 12.1 Å². The van der Waals surface area contributed by atoms with Crippen molar-refractivity contribution in [3.63, 3.8) is 0 Å². The zero-order valence-electron chi connectivity index (χ0n) is 11.2. The molecule has 0 N–H and O–H groups in total. The third-order valence-corrected chi connectivity index (χ3v) is 4.71. The standard InChI is InChI=1S/C12H19F3N2O2S/c13-12(14,15)11(18)17-2-1-7-20-9-10(17)8-16-3-5-19-6-4-16/h10H,1-9H2. The minimum Gasteiger partial charge on any atom is -0.379 e. The Morgan fingerprint density at radius 2 is 1.95 bits per heavy atom. The van der Waals surface area contributed by atoms with Crippen LogP contribution in [0.3, 0.4) is 0 Å². The predicted octanol–water partition coefficient (Wildman–Crippen LogP) is 1.22. The van der Waals surface area contributed by atoms with Crippen LogP contribution < -0.4 is 0 Å². The number of ether oxygens (including phenoxy) is 1. The summed E-state index contributed by atoms with van der Waals surface area (Å²) in [6, 6.07) is -0.366. The van der Waals surface area contributed by atoms with Crippen molar-refractivity contribution in [2.75, 3.05) is 50.9 Å². The molecule has 8 heteroatoms. The molecule has 0 aromatic carbocycles. The van der Waals surface area contributed by atoms with Crippen molar-refractivity contribution in [1.82, 2.24) is 9.80 Å². The Bertz CT molecular complexity index is 335. The quantitative estimate of drug-likeness (QED) is 0.767. The van der Waals surface area contributed by atoms with E-state index in [1.165, 1.54) is 0 Å². The van der Waals surface area contributed by atoms with Gasteiger partial charge in [-0.3, -0.25) is 9.69 Å². The molecule has 2 aliphatic rings. The number of morpholine rings is 1. The van der Waals surface area contributed by atoms with Gasteiger partial charge in [-0.2, -0.15) is 24.9 Å². The molecule has 2 saturated heterocycles. The predicted molar refractivity (Wildman–Crippen MR) is 70.8 cm³/mol. The number of halogens is 3. The molecule has 0 bridgehead atoms. The highest BCUT2D eigenvalue weighted by atomic mass is 32.2. The van der Waals surface area contributed by atoms with E-state index in [0.717, 1.165) is 23.7 Å². The normalized spacial score (nSPS) is 26.4. The second-order valence-electron chi connectivity index (χ2n) is 4.99. The third kappa shape index (κ3) is 4.26. The zero-order valence-corrected chi connectivity index (χ0v) is 12.0. The van der Waals surface area contributed by atoms with Crippen molar-refractivity contribution in [3.05, 3.63) is 0 Å². The molecule has 0 saturated carbocycles. The summed E-state index contributed by atoms with van der Waals surface area (Å²) in [5.74, 6) is -0.321. The maximum absolute atomic E-state index is 12.7. The average molecular weight is 312 g/mol. The number of hydrogen-bond donors (Lipinski definition) is 0. The summed E-state index contributed by atoms with van der Waals surface area (Å²) in [5.41, 5.74) is 0. The molecule has 0 radical (unpaired) electrons. The largest absolute Gasteiger partial charge is 0.471 e. The average Bonchev–Trinajstić information content (AvgIpc) is 2.63. The second kappa shape index (κ2) is 7.00. The number of thioether (sulfide) groups is 1. The van der Waals surface area contributed by atoms with Gasteiger partial charge in [-0.25, -0.2) is 0 Å². The summed E-state index contributed by atoms with van der Waals surface area (Å²) in [4.78, 5) is 14.7. The van der Waals surface area contributed by atoms with E-state index < -0.39 is 12.1 Å². The minimum absolute atomic E-state index is 0.195. The van der Waals surface area contributed by atoms with Crippen LogP contribution >= 0.6 is 11.8 Å². The van der Waals surface area contributed by atoms with E-state index in [1.54, 1.807) is 11.8 Å². The fraction of sp³-hybridized carbons (Fsp3) is 0.917. The van der Waals surface area contributed by atoms with E-state index in [9.17, 15) is 18.0 Å². The highest BCUT2D eigenvalue weighted by Gasteiger charge is 2.45. The lowest BCUT2D eigenvalue weighted by molar-refractivity contribution is -0.187. The Morgan fingerprint density at radius 1 is 1.25 bits per heavy atom. The van der Waals surface area contributed by atoms with E-state index in [4.69, 9.17) is 4.74 Å². The van der Waals surface area contributed by atoms with Gasteiger partial charge in [-0.05, 0) is 12.2 Å². The van der Waals surface area contributed by atoms with E-state index in [-0.39, 0.29) is 12.6 Å². The number of nitrogens with zero attached hydrogens (tertiary/aromatic N) is 2. The molecule has 1 amide bonds. The van der Waals surface area contributed by atoms with Gasteiger partial charge in [0.15, 0.2) is 0 Å². The first kappa shape index (κ1) is 15.9. The monoisotopic (exact) mass is 312 g/mol. The molecular formula is C12H19F3N2O2S. The summed E-state index contributed by atoms with van der Waals surface area (Å²) in [5, 5.41) is 0. The van der Waals surface area contributed by atoms with Crippen molar-refractivity contribution in [2.45, 2.75) is 18.6 Å². The van der Waals surface area contributed by atoms with Crippen LogP contribution in [0.2, 0.25) is 0 Å². The van der Waals surface area contributed by atoms with Crippen LogP contribution in [0.5, 0.6) is 0 Å². The van der Waals surface area contributed by atoms with Crippen molar-refractivity contribution in [1.29, 1.82) is 0 Å². The first-order valence-corrected chi connectivity index (χ1v) is 7.89. The van der Waals surface area contributed by atoms with E-state index >= 15 is 0 Å². The van der Waals surface area contributed by atoms with Crippen LogP contribution in [0.1, 0.15) is 6.42 Å². The molecular weight excluding hydrogens is 293 g/mol. The molecule has 1 atom stereocenters. The number of hydrogen-bond acceptors (Lipinski definition) is 4. The van der Waals surface area contributed by atoms with Gasteiger partial charge < -0.3 is 9.64 Å². The van der Waals surface area contributed by atoms with Crippen molar-refractivity contribution >= 4 is 17.7 Å². The molecule has 0 spiro atoms. The molecule has 20 heavy (non-hydrogen) atoms. The first-order valence-electron chi connectivity index (χ1n) is 6.74. The third-order valence-electron chi connectivity index (χ3n) is 3.51. The first-order chi connectivity index (χ1) is 9.48. The Labute approximate surface area is 120 Å². The molecule has 4 nitrogen and oxygen atoms in total. The summed E-state index contributed by atoms with van der Waals surface area (Å²) < 4.78 is 43.3. The molecule has 0 aliphatic carbocycles. The van der Waals surface area contributed by atoms with Crippen LogP contribution in [-0.2, 0) is 9.53 Å². The Kier molecular flexibility index (Phi) is 5.57. The van der Waals surface area contributed by atoms with E-state index in [1.807, 2.05) is 0 Å². The van der Waals surface area contributed by atoms with Gasteiger partial charge in [0.2, 0.25) is 0 Å². The molecule has 2 heterocycles. The van der Waals surface area contributed by atoms with Crippen molar-refractivity contribution in [3.8, 4) is 0 Å². The molecule has 0 aromatic rings. The topological polar surface area (TPSA) is 32.8 Å². The van der Waals surface area contributed by atoms with Crippen LogP contribution in [0.4, 0.5) is 13.2 Å². The SMILES string of the molecule is O=C(N1CCCSCC1CN1CCOCC1)C(F)(F)F. The molecule has 2 fully saturated rings. The fourth-order valence-electron chi connectivity index (χ4n) is 2.49. The number of rotatable bonds is 2. The number of alkyl halides is 3. The summed E-state index contributed by atoms with van der Waals surface area (Å²) >= 11 is 1.63. The molecule has 0 aromatic heterocycles. The van der Waals surface area contributed by atoms with Gasteiger partial charge in [0.1, 0.15) is 0 Å². The lowest BCUT2D eigenvalue weighted by atomic mass is 10.2. The number of carbonyl (C=O) groups is 1. The van der Waals surface area contributed by atoms with E-state index in [2.05, 4.69) is 4.90 Å². The smallest absolute Gasteiger partial charge is 0.379 e. The van der Waals surface area contributed by atoms with Gasteiger partial charge in [-0.15, -0.1) is 0 Å². The lowest BCUT2D eigenvalue weighted by Crippen LogP contribution is -2.53. The fourth-order valence-corrected chi connectivity index (χ4v) is 3.55. The zero-order chi connectivity index (χ0) is 14.6. The van der Waals surface area contributed by atoms with Crippen LogP contribution in [0.15, 0.2) is 0 Å². The van der Waals surface area contributed by atoms with Gasteiger partial charge in [0, 0.05) is 31.9 Å². The number of amides is 1. The second-order valence-corrected chi connectivity index (χ2v) is 6.14. The van der Waals surface area contributed by atoms with Crippen LogP contribution in [0.25, 0.3) is 0 Å². The van der Waals surface area contributed by atoms with Gasteiger partial charge in [-0.1, -0.05) is 0 Å². The van der Waals surface area contributed by atoms with Gasteiger partial charge in [0.05, 0.1) is 19.3 Å². The van der Waals surface area contributed by atoms with E-state index in [0.29, 0.717) is 31.9 Å². The van der Waals surface area contributed by atoms with Crippen molar-refractivity contribution < 1.29 is 22.7 Å². The Morgan fingerprint density at radius 3 is 2.60 bits per heavy atom. The van der Waals surface area contributed by atoms with Gasteiger partial charge in [0.25, 0.3) is 0 Å². The lowest BCUT2D eigenvalue weighted by Gasteiger charge is -2.35. The van der Waals surface area contributed by atoms with Crippen molar-refractivity contribution in [2.24, 2.45) is 0 Å². The highest BCUT2D eigenvalue weighted by Crippen LogP contribution is 2.24. The summed E-state index contributed by atoms with van der Waals surface area (Å²) in [6.45, 7) is 3.34. The summed E-state index contributed by atoms with van der Waals surface area (Å²) in [7, 11) is 0. The Balaban J connectivity index is 2.02. The minimum atomic E-state index is -4.78. The maximum atomic E-state index is 12.7. The maximum Gasteiger partial charge on any atom is 0.471 e. The molecule has 2 rings (SSSR count). The molecule has 1 unspecified atom stereocenters. The molecule has 2 aliphatic heterocycles. The van der Waals surface area contributed by atoms with Crippen LogP contribution in [-0.4, -0.2) is 78.8 Å². The number of carbonyl (C=O) groups excluding carboxylic acids is 1.